The molecule has 15 heavy (non-hydrogen) atoms. The molecule has 1 atom stereocenters. The molecule has 1 unspecified atom stereocenters. The molecule has 6 heteroatoms. The summed E-state index contributed by atoms with van der Waals surface area (Å²) in [5, 5.41) is 0. The number of alkyl halides is 3. The SMILES string of the molecule is Cc1c(N)cccc1S(=O)CC(F)(F)F. The van der Waals surface area contributed by atoms with E-state index in [0.717, 1.165) is 0 Å². The van der Waals surface area contributed by atoms with E-state index in [1.54, 1.807) is 13.0 Å². The van der Waals surface area contributed by atoms with Crippen molar-refractivity contribution in [2.45, 2.75) is 18.0 Å². The molecular weight excluding hydrogens is 227 g/mol. The smallest absolute Gasteiger partial charge is 0.398 e. The molecule has 1 aromatic carbocycles. The molecule has 1 rings (SSSR count). The Morgan fingerprint density at radius 3 is 2.53 bits per heavy atom. The van der Waals surface area contributed by atoms with Crippen LogP contribution in [0.4, 0.5) is 18.9 Å². The third-order valence-corrected chi connectivity index (χ3v) is 3.39. The minimum atomic E-state index is -4.43. The predicted molar refractivity (Wildman–Crippen MR) is 52.9 cm³/mol. The van der Waals surface area contributed by atoms with Crippen molar-refractivity contribution in [1.82, 2.24) is 0 Å². The van der Waals surface area contributed by atoms with Gasteiger partial charge in [0.2, 0.25) is 0 Å². The molecule has 0 saturated carbocycles. The zero-order valence-corrected chi connectivity index (χ0v) is 8.78. The molecule has 84 valence electrons. The Hall–Kier alpha value is -1.04. The van der Waals surface area contributed by atoms with E-state index in [2.05, 4.69) is 0 Å². The Morgan fingerprint density at radius 1 is 1.40 bits per heavy atom. The maximum Gasteiger partial charge on any atom is 0.400 e. The highest BCUT2D eigenvalue weighted by molar-refractivity contribution is 7.85. The maximum absolute atomic E-state index is 12.0. The van der Waals surface area contributed by atoms with Crippen LogP contribution in [0.5, 0.6) is 0 Å². The topological polar surface area (TPSA) is 43.1 Å². The summed E-state index contributed by atoms with van der Waals surface area (Å²) in [7, 11) is -2.08. The zero-order chi connectivity index (χ0) is 11.6. The monoisotopic (exact) mass is 237 g/mol. The number of hydrogen-bond acceptors (Lipinski definition) is 2. The molecule has 0 saturated heterocycles. The molecule has 0 amide bonds. The van der Waals surface area contributed by atoms with Crippen LogP contribution in [0.1, 0.15) is 5.56 Å². The van der Waals surface area contributed by atoms with E-state index in [9.17, 15) is 17.4 Å². The molecular formula is C9H10F3NOS. The molecule has 1 aromatic rings. The fourth-order valence-electron chi connectivity index (χ4n) is 1.10. The van der Waals surface area contributed by atoms with Gasteiger partial charge in [-0.2, -0.15) is 13.2 Å². The van der Waals surface area contributed by atoms with Gasteiger partial charge in [0.25, 0.3) is 0 Å². The summed E-state index contributed by atoms with van der Waals surface area (Å²) in [6, 6.07) is 4.45. The van der Waals surface area contributed by atoms with Crippen LogP contribution in [0.3, 0.4) is 0 Å². The average Bonchev–Trinajstić information content (AvgIpc) is 2.06. The highest BCUT2D eigenvalue weighted by atomic mass is 32.2. The van der Waals surface area contributed by atoms with Crippen molar-refractivity contribution in [3.8, 4) is 0 Å². The predicted octanol–water partition coefficient (Wildman–Crippen LogP) is 2.25. The number of anilines is 1. The molecule has 2 nitrogen and oxygen atoms in total. The van der Waals surface area contributed by atoms with Crippen LogP contribution in [0.2, 0.25) is 0 Å². The zero-order valence-electron chi connectivity index (χ0n) is 7.97. The number of rotatable bonds is 2. The van der Waals surface area contributed by atoms with Gasteiger partial charge in [0.05, 0.1) is 10.8 Å². The van der Waals surface area contributed by atoms with Gasteiger partial charge in [-0.15, -0.1) is 0 Å². The number of halogens is 3. The van der Waals surface area contributed by atoms with Gasteiger partial charge in [-0.1, -0.05) is 6.07 Å². The quantitative estimate of drug-likeness (QED) is 0.802. The number of benzene rings is 1. The lowest BCUT2D eigenvalue weighted by Crippen LogP contribution is -2.19. The third kappa shape index (κ3) is 3.23. The summed E-state index contributed by atoms with van der Waals surface area (Å²) in [4.78, 5) is 0.146. The fourth-order valence-corrected chi connectivity index (χ4v) is 2.25. The summed E-state index contributed by atoms with van der Waals surface area (Å²) >= 11 is 0. The minimum absolute atomic E-state index is 0.146. The lowest BCUT2D eigenvalue weighted by atomic mass is 10.2. The Balaban J connectivity index is 2.97. The molecule has 0 radical (unpaired) electrons. The van der Waals surface area contributed by atoms with Crippen LogP contribution in [-0.4, -0.2) is 16.1 Å². The lowest BCUT2D eigenvalue weighted by Gasteiger charge is -2.09. The number of nitrogen functional groups attached to an aromatic ring is 1. The van der Waals surface area contributed by atoms with Crippen LogP contribution in [0.25, 0.3) is 0 Å². The first-order chi connectivity index (χ1) is 6.81. The van der Waals surface area contributed by atoms with Gasteiger partial charge in [-0.3, -0.25) is 4.21 Å². The van der Waals surface area contributed by atoms with Crippen molar-refractivity contribution in [3.05, 3.63) is 23.8 Å². The molecule has 2 N–H and O–H groups in total. The molecule has 0 fully saturated rings. The van der Waals surface area contributed by atoms with Crippen molar-refractivity contribution in [1.29, 1.82) is 0 Å². The van der Waals surface area contributed by atoms with E-state index in [0.29, 0.717) is 11.3 Å². The highest BCUT2D eigenvalue weighted by Crippen LogP contribution is 2.24. The first kappa shape index (κ1) is 12.0. The van der Waals surface area contributed by atoms with E-state index < -0.39 is 22.7 Å². The lowest BCUT2D eigenvalue weighted by molar-refractivity contribution is -0.105. The van der Waals surface area contributed by atoms with E-state index in [-0.39, 0.29) is 4.90 Å². The second-order valence-electron chi connectivity index (χ2n) is 3.08. The molecule has 0 aliphatic carbocycles. The summed E-state index contributed by atoms with van der Waals surface area (Å²) in [6.07, 6.45) is -4.43. The van der Waals surface area contributed by atoms with Gasteiger partial charge in [0, 0.05) is 10.6 Å². The molecule has 0 bridgehead atoms. The van der Waals surface area contributed by atoms with Crippen LogP contribution in [0, 0.1) is 6.92 Å². The van der Waals surface area contributed by atoms with Crippen LogP contribution in [-0.2, 0) is 10.8 Å². The van der Waals surface area contributed by atoms with E-state index in [4.69, 9.17) is 5.73 Å². The second kappa shape index (κ2) is 4.22. The van der Waals surface area contributed by atoms with Crippen molar-refractivity contribution < 1.29 is 17.4 Å². The van der Waals surface area contributed by atoms with Gasteiger partial charge in [0.1, 0.15) is 5.75 Å². The van der Waals surface area contributed by atoms with E-state index in [1.807, 2.05) is 0 Å². The van der Waals surface area contributed by atoms with E-state index >= 15 is 0 Å². The fraction of sp³-hybridized carbons (Fsp3) is 0.333. The van der Waals surface area contributed by atoms with Crippen molar-refractivity contribution in [2.24, 2.45) is 0 Å². The molecule has 0 spiro atoms. The standard InChI is InChI=1S/C9H10F3NOS/c1-6-7(13)3-2-4-8(6)15(14)5-9(10,11)12/h2-4H,5,13H2,1H3. The first-order valence-electron chi connectivity index (χ1n) is 4.11. The highest BCUT2D eigenvalue weighted by Gasteiger charge is 2.31. The summed E-state index contributed by atoms with van der Waals surface area (Å²) < 4.78 is 47.4. The van der Waals surface area contributed by atoms with Gasteiger partial charge in [-0.25, -0.2) is 0 Å². The summed E-state index contributed by atoms with van der Waals surface area (Å²) in [5.41, 5.74) is 6.30. The number of hydrogen-bond donors (Lipinski definition) is 1. The van der Waals surface area contributed by atoms with Gasteiger partial charge >= 0.3 is 6.18 Å². The first-order valence-corrected chi connectivity index (χ1v) is 5.43. The van der Waals surface area contributed by atoms with Crippen molar-refractivity contribution in [2.75, 3.05) is 11.5 Å². The van der Waals surface area contributed by atoms with Crippen molar-refractivity contribution >= 4 is 16.5 Å². The largest absolute Gasteiger partial charge is 0.400 e. The normalized spacial score (nSPS) is 13.9. The Labute approximate surface area is 87.7 Å². The maximum atomic E-state index is 12.0. The van der Waals surface area contributed by atoms with Gasteiger partial charge in [-0.05, 0) is 24.6 Å². The molecule has 0 aliphatic heterocycles. The molecule has 0 aliphatic rings. The van der Waals surface area contributed by atoms with Crippen LogP contribution >= 0.6 is 0 Å². The van der Waals surface area contributed by atoms with Crippen LogP contribution < -0.4 is 5.73 Å². The number of nitrogens with two attached hydrogens (primary N) is 1. The molecule has 0 heterocycles. The van der Waals surface area contributed by atoms with Gasteiger partial charge < -0.3 is 5.73 Å². The van der Waals surface area contributed by atoms with E-state index in [1.165, 1.54) is 12.1 Å². The summed E-state index contributed by atoms with van der Waals surface area (Å²) in [6.45, 7) is 1.55. The Kier molecular flexibility index (Phi) is 3.38. The van der Waals surface area contributed by atoms with Crippen LogP contribution in [0.15, 0.2) is 23.1 Å². The second-order valence-corrected chi connectivity index (χ2v) is 4.49. The minimum Gasteiger partial charge on any atom is -0.398 e. The third-order valence-electron chi connectivity index (χ3n) is 1.87. The van der Waals surface area contributed by atoms with Crippen molar-refractivity contribution in [3.63, 3.8) is 0 Å². The Morgan fingerprint density at radius 2 is 2.00 bits per heavy atom. The average molecular weight is 237 g/mol. The molecule has 0 aromatic heterocycles. The van der Waals surface area contributed by atoms with Gasteiger partial charge in [0.15, 0.2) is 0 Å². The summed E-state index contributed by atoms with van der Waals surface area (Å²) in [5.74, 6) is -1.34. The Bertz CT molecular complexity index is 389.